The van der Waals surface area contributed by atoms with Crippen LogP contribution in [0.25, 0.3) is 0 Å². The molecule has 2 aromatic carbocycles. The molecule has 0 saturated heterocycles. The lowest BCUT2D eigenvalue weighted by atomic mass is 10.2. The van der Waals surface area contributed by atoms with Gasteiger partial charge in [0.2, 0.25) is 21.8 Å². The normalized spacial score (nSPS) is 14.0. The van der Waals surface area contributed by atoms with E-state index in [1.165, 1.54) is 28.2 Å². The minimum absolute atomic E-state index is 0.0289. The number of anilines is 2. The Morgan fingerprint density at radius 2 is 1.87 bits per heavy atom. The van der Waals surface area contributed by atoms with Gasteiger partial charge in [-0.1, -0.05) is 32.0 Å². The van der Waals surface area contributed by atoms with Crippen molar-refractivity contribution >= 4 is 45.0 Å². The Hall–Kier alpha value is -2.36. The number of sulfonamides is 1. The zero-order valence-electron chi connectivity index (χ0n) is 17.0. The highest BCUT2D eigenvalue weighted by atomic mass is 32.2. The summed E-state index contributed by atoms with van der Waals surface area (Å²) in [5.74, 6) is 0.0406. The third kappa shape index (κ3) is 4.85. The fourth-order valence-electron chi connectivity index (χ4n) is 3.28. The van der Waals surface area contributed by atoms with Crippen LogP contribution in [0.4, 0.5) is 11.4 Å². The number of benzene rings is 2. The van der Waals surface area contributed by atoms with E-state index in [1.807, 2.05) is 24.3 Å². The van der Waals surface area contributed by atoms with Crippen molar-refractivity contribution < 1.29 is 18.0 Å². The summed E-state index contributed by atoms with van der Waals surface area (Å²) in [5, 5.41) is 2.74. The summed E-state index contributed by atoms with van der Waals surface area (Å²) >= 11 is 1.49. The van der Waals surface area contributed by atoms with Gasteiger partial charge in [-0.3, -0.25) is 9.59 Å². The number of para-hydroxylation sites is 1. The van der Waals surface area contributed by atoms with Crippen molar-refractivity contribution in [2.45, 2.75) is 30.1 Å². The van der Waals surface area contributed by atoms with Gasteiger partial charge >= 0.3 is 0 Å². The molecule has 0 unspecified atom stereocenters. The molecule has 1 aliphatic rings. The predicted octanol–water partition coefficient (Wildman–Crippen LogP) is 3.18. The molecule has 1 heterocycles. The third-order valence-corrected chi connectivity index (χ3v) is 7.93. The van der Waals surface area contributed by atoms with E-state index in [0.717, 1.165) is 10.6 Å². The van der Waals surface area contributed by atoms with E-state index in [2.05, 4.69) is 5.32 Å². The van der Waals surface area contributed by atoms with E-state index in [4.69, 9.17) is 0 Å². The molecule has 0 atom stereocenters. The molecule has 1 N–H and O–H groups in total. The SMILES string of the molecule is CCN(CC)S(=O)(=O)c1cccc(NC(=O)CCN2C(=O)CSc3ccccc32)c1. The topological polar surface area (TPSA) is 86.8 Å². The Labute approximate surface area is 181 Å². The summed E-state index contributed by atoms with van der Waals surface area (Å²) in [6.07, 6.45) is 0.109. The van der Waals surface area contributed by atoms with Crippen molar-refractivity contribution in [3.05, 3.63) is 48.5 Å². The van der Waals surface area contributed by atoms with E-state index in [0.29, 0.717) is 24.5 Å². The number of hydrogen-bond donors (Lipinski definition) is 1. The van der Waals surface area contributed by atoms with Gasteiger partial charge in [-0.25, -0.2) is 8.42 Å². The maximum Gasteiger partial charge on any atom is 0.243 e. The Kier molecular flexibility index (Phi) is 7.17. The van der Waals surface area contributed by atoms with Crippen LogP contribution in [-0.4, -0.2) is 49.9 Å². The van der Waals surface area contributed by atoms with Crippen LogP contribution in [0.2, 0.25) is 0 Å². The number of nitrogens with zero attached hydrogens (tertiary/aromatic N) is 2. The molecule has 0 spiro atoms. The van der Waals surface area contributed by atoms with Gasteiger partial charge in [0.25, 0.3) is 0 Å². The molecule has 0 aliphatic carbocycles. The average molecular weight is 448 g/mol. The Balaban J connectivity index is 1.67. The first-order valence-corrected chi connectivity index (χ1v) is 12.2. The number of thioether (sulfide) groups is 1. The van der Waals surface area contributed by atoms with E-state index < -0.39 is 10.0 Å². The van der Waals surface area contributed by atoms with Crippen molar-refractivity contribution in [3.8, 4) is 0 Å². The van der Waals surface area contributed by atoms with Crippen LogP contribution in [-0.2, 0) is 19.6 Å². The quantitative estimate of drug-likeness (QED) is 0.672. The Bertz CT molecular complexity index is 1040. The maximum absolute atomic E-state index is 12.7. The number of carbonyl (C=O) groups is 2. The smallest absolute Gasteiger partial charge is 0.243 e. The molecule has 9 heteroatoms. The van der Waals surface area contributed by atoms with Crippen LogP contribution in [0.3, 0.4) is 0 Å². The average Bonchev–Trinajstić information content (AvgIpc) is 2.74. The van der Waals surface area contributed by atoms with Gasteiger partial charge in [0.1, 0.15) is 0 Å². The Morgan fingerprint density at radius 3 is 2.60 bits per heavy atom. The lowest BCUT2D eigenvalue weighted by Gasteiger charge is -2.28. The van der Waals surface area contributed by atoms with Crippen molar-refractivity contribution in [3.63, 3.8) is 0 Å². The van der Waals surface area contributed by atoms with E-state index >= 15 is 0 Å². The molecule has 3 rings (SSSR count). The monoisotopic (exact) mass is 447 g/mol. The van der Waals surface area contributed by atoms with Gasteiger partial charge in [0.05, 0.1) is 16.3 Å². The molecule has 0 saturated carbocycles. The lowest BCUT2D eigenvalue weighted by Crippen LogP contribution is -2.37. The molecular weight excluding hydrogens is 422 g/mol. The molecule has 0 bridgehead atoms. The van der Waals surface area contributed by atoms with Crippen LogP contribution < -0.4 is 10.2 Å². The van der Waals surface area contributed by atoms with Crippen molar-refractivity contribution in [2.75, 3.05) is 35.6 Å². The largest absolute Gasteiger partial charge is 0.326 e. The van der Waals surface area contributed by atoms with Crippen molar-refractivity contribution in [1.29, 1.82) is 0 Å². The summed E-state index contributed by atoms with van der Waals surface area (Å²) in [4.78, 5) is 27.6. The fraction of sp³-hybridized carbons (Fsp3) is 0.333. The van der Waals surface area contributed by atoms with Crippen molar-refractivity contribution in [1.82, 2.24) is 4.31 Å². The summed E-state index contributed by atoms with van der Waals surface area (Å²) in [6.45, 7) is 4.58. The first kappa shape index (κ1) is 22.3. The summed E-state index contributed by atoms with van der Waals surface area (Å²) < 4.78 is 26.7. The van der Waals surface area contributed by atoms with Gasteiger partial charge in [0, 0.05) is 36.6 Å². The molecule has 7 nitrogen and oxygen atoms in total. The van der Waals surface area contributed by atoms with Gasteiger partial charge in [-0.05, 0) is 30.3 Å². The van der Waals surface area contributed by atoms with E-state index in [-0.39, 0.29) is 29.7 Å². The summed E-state index contributed by atoms with van der Waals surface area (Å²) in [5.41, 5.74) is 1.23. The van der Waals surface area contributed by atoms with Crippen LogP contribution in [0.1, 0.15) is 20.3 Å². The minimum atomic E-state index is -3.60. The molecule has 0 radical (unpaired) electrons. The Morgan fingerprint density at radius 1 is 1.13 bits per heavy atom. The van der Waals surface area contributed by atoms with Gasteiger partial charge in [-0.2, -0.15) is 4.31 Å². The molecule has 2 amide bonds. The fourth-order valence-corrected chi connectivity index (χ4v) is 5.72. The second kappa shape index (κ2) is 9.63. The van der Waals surface area contributed by atoms with Crippen LogP contribution in [0, 0.1) is 0 Å². The first-order chi connectivity index (χ1) is 14.4. The second-order valence-electron chi connectivity index (χ2n) is 6.72. The van der Waals surface area contributed by atoms with Crippen LogP contribution in [0.5, 0.6) is 0 Å². The standard InChI is InChI=1S/C21H25N3O4S2/c1-3-23(4-2)30(27,28)17-9-7-8-16(14-17)22-20(25)12-13-24-18-10-5-6-11-19(18)29-15-21(24)26/h5-11,14H,3-4,12-13,15H2,1-2H3,(H,22,25). The third-order valence-electron chi connectivity index (χ3n) is 4.83. The molecular formula is C21H25N3O4S2. The number of carbonyl (C=O) groups excluding carboxylic acids is 2. The van der Waals surface area contributed by atoms with E-state index in [1.54, 1.807) is 30.9 Å². The molecule has 1 aliphatic heterocycles. The summed E-state index contributed by atoms with van der Waals surface area (Å²) in [6, 6.07) is 13.9. The number of fused-ring (bicyclic) bond motifs is 1. The highest BCUT2D eigenvalue weighted by molar-refractivity contribution is 8.00. The zero-order chi connectivity index (χ0) is 21.7. The molecule has 0 aromatic heterocycles. The van der Waals surface area contributed by atoms with Gasteiger partial charge in [0.15, 0.2) is 0 Å². The molecule has 160 valence electrons. The number of nitrogens with one attached hydrogen (secondary N) is 1. The highest BCUT2D eigenvalue weighted by Crippen LogP contribution is 2.34. The van der Waals surface area contributed by atoms with E-state index in [9.17, 15) is 18.0 Å². The second-order valence-corrected chi connectivity index (χ2v) is 9.67. The molecule has 30 heavy (non-hydrogen) atoms. The lowest BCUT2D eigenvalue weighted by molar-refractivity contribution is -0.117. The van der Waals surface area contributed by atoms with Crippen LogP contribution >= 0.6 is 11.8 Å². The van der Waals surface area contributed by atoms with Gasteiger partial charge < -0.3 is 10.2 Å². The number of rotatable bonds is 8. The maximum atomic E-state index is 12.7. The first-order valence-electron chi connectivity index (χ1n) is 9.79. The van der Waals surface area contributed by atoms with Gasteiger partial charge in [-0.15, -0.1) is 11.8 Å². The molecule has 2 aromatic rings. The predicted molar refractivity (Wildman–Crippen MR) is 119 cm³/mol. The number of hydrogen-bond acceptors (Lipinski definition) is 5. The highest BCUT2D eigenvalue weighted by Gasteiger charge is 2.25. The number of amides is 2. The minimum Gasteiger partial charge on any atom is -0.326 e. The van der Waals surface area contributed by atoms with Crippen LogP contribution in [0.15, 0.2) is 58.3 Å². The zero-order valence-corrected chi connectivity index (χ0v) is 18.6. The molecule has 0 fully saturated rings. The van der Waals surface area contributed by atoms with Crippen molar-refractivity contribution in [2.24, 2.45) is 0 Å². The summed E-state index contributed by atoms with van der Waals surface area (Å²) in [7, 11) is -3.60.